The van der Waals surface area contributed by atoms with Gasteiger partial charge in [-0.25, -0.2) is 4.79 Å². The van der Waals surface area contributed by atoms with E-state index < -0.39 is 5.97 Å². The highest BCUT2D eigenvalue weighted by Crippen LogP contribution is 2.16. The third-order valence-electron chi connectivity index (χ3n) is 4.00. The maximum absolute atomic E-state index is 12.7. The average Bonchev–Trinajstić information content (AvgIpc) is 3.15. The van der Waals surface area contributed by atoms with Crippen molar-refractivity contribution in [3.63, 3.8) is 0 Å². The molecule has 0 unspecified atom stereocenters. The summed E-state index contributed by atoms with van der Waals surface area (Å²) in [7, 11) is 0. The lowest BCUT2D eigenvalue weighted by atomic mass is 10.1. The number of carboxylic acid groups (broad SMARTS) is 1. The molecule has 0 aliphatic rings. The number of aliphatic carboxylic acids is 1. The number of rotatable bonds is 8. The minimum atomic E-state index is -1.02. The molecule has 3 rings (SSSR count). The van der Waals surface area contributed by atoms with Crippen LogP contribution in [0.25, 0.3) is 6.08 Å². The SMILES string of the molecule is O=C(O)COc1cccc(/C=C/Cn2cccc2C(=O)c2ccc(Cl)cc2)c1. The number of carbonyl (C=O) groups excluding carboxylic acids is 1. The van der Waals surface area contributed by atoms with Gasteiger partial charge in [-0.2, -0.15) is 0 Å². The van der Waals surface area contributed by atoms with Crippen LogP contribution in [-0.2, 0) is 11.3 Å². The molecule has 2 aromatic carbocycles. The van der Waals surface area contributed by atoms with Crippen molar-refractivity contribution in [2.24, 2.45) is 0 Å². The zero-order valence-electron chi connectivity index (χ0n) is 14.9. The lowest BCUT2D eigenvalue weighted by Gasteiger charge is -2.07. The first-order valence-electron chi connectivity index (χ1n) is 8.59. The molecular weight excluding hydrogens is 378 g/mol. The Morgan fingerprint density at radius 1 is 1.07 bits per heavy atom. The predicted molar refractivity (Wildman–Crippen MR) is 108 cm³/mol. The van der Waals surface area contributed by atoms with E-state index in [1.807, 2.05) is 35.0 Å². The van der Waals surface area contributed by atoms with Gasteiger partial charge in [-0.1, -0.05) is 35.9 Å². The summed E-state index contributed by atoms with van der Waals surface area (Å²) in [5, 5.41) is 9.27. The van der Waals surface area contributed by atoms with Crippen LogP contribution in [0.15, 0.2) is 72.9 Å². The molecule has 0 bridgehead atoms. The highest BCUT2D eigenvalue weighted by Gasteiger charge is 2.12. The molecule has 0 spiro atoms. The second kappa shape index (κ2) is 9.06. The molecule has 0 atom stereocenters. The summed E-state index contributed by atoms with van der Waals surface area (Å²) >= 11 is 5.88. The largest absolute Gasteiger partial charge is 0.482 e. The molecule has 0 fully saturated rings. The number of hydrogen-bond donors (Lipinski definition) is 1. The number of nitrogens with zero attached hydrogens (tertiary/aromatic N) is 1. The van der Waals surface area contributed by atoms with E-state index in [-0.39, 0.29) is 12.4 Å². The van der Waals surface area contributed by atoms with Gasteiger partial charge in [-0.05, 0) is 54.1 Å². The molecule has 0 amide bonds. The fourth-order valence-corrected chi connectivity index (χ4v) is 2.81. The van der Waals surface area contributed by atoms with Gasteiger partial charge in [0, 0.05) is 23.3 Å². The standard InChI is InChI=1S/C22H18ClNO4/c23-18-10-8-17(9-11-18)22(27)20-7-3-13-24(20)12-2-5-16-4-1-6-19(14-16)28-15-21(25)26/h1-11,13-14H,12,15H2,(H,25,26)/b5-2+. The maximum Gasteiger partial charge on any atom is 0.341 e. The van der Waals surface area contributed by atoms with Crippen molar-refractivity contribution in [3.8, 4) is 5.75 Å². The van der Waals surface area contributed by atoms with E-state index in [0.717, 1.165) is 5.56 Å². The summed E-state index contributed by atoms with van der Waals surface area (Å²) in [6, 6.07) is 17.6. The first-order valence-corrected chi connectivity index (χ1v) is 8.97. The lowest BCUT2D eigenvalue weighted by Crippen LogP contribution is -2.09. The summed E-state index contributed by atoms with van der Waals surface area (Å²) in [4.78, 5) is 23.3. The van der Waals surface area contributed by atoms with Crippen LogP contribution >= 0.6 is 11.6 Å². The van der Waals surface area contributed by atoms with Crippen molar-refractivity contribution in [1.29, 1.82) is 0 Å². The van der Waals surface area contributed by atoms with Crippen molar-refractivity contribution in [3.05, 3.63) is 94.8 Å². The van der Waals surface area contributed by atoms with E-state index >= 15 is 0 Å². The summed E-state index contributed by atoms with van der Waals surface area (Å²) in [5.74, 6) is -0.602. The van der Waals surface area contributed by atoms with Crippen LogP contribution in [0, 0.1) is 0 Å². The Balaban J connectivity index is 1.68. The lowest BCUT2D eigenvalue weighted by molar-refractivity contribution is -0.139. The molecule has 0 saturated heterocycles. The summed E-state index contributed by atoms with van der Waals surface area (Å²) in [6.07, 6.45) is 5.67. The van der Waals surface area contributed by atoms with Gasteiger partial charge in [0.2, 0.25) is 5.78 Å². The van der Waals surface area contributed by atoms with Crippen molar-refractivity contribution in [1.82, 2.24) is 4.57 Å². The quantitative estimate of drug-likeness (QED) is 0.568. The number of allylic oxidation sites excluding steroid dienone is 1. The Hall–Kier alpha value is -3.31. The summed E-state index contributed by atoms with van der Waals surface area (Å²) in [6.45, 7) is 0.134. The topological polar surface area (TPSA) is 68.5 Å². The minimum absolute atomic E-state index is 0.0702. The normalized spacial score (nSPS) is 10.9. The van der Waals surface area contributed by atoms with Gasteiger partial charge in [-0.3, -0.25) is 4.79 Å². The van der Waals surface area contributed by atoms with E-state index in [0.29, 0.717) is 28.6 Å². The highest BCUT2D eigenvalue weighted by atomic mass is 35.5. The first kappa shape index (κ1) is 19.5. The number of benzene rings is 2. The summed E-state index contributed by atoms with van der Waals surface area (Å²) in [5.41, 5.74) is 2.04. The van der Waals surface area contributed by atoms with Crippen LogP contribution in [0.4, 0.5) is 0 Å². The molecular formula is C22H18ClNO4. The number of ketones is 1. The van der Waals surface area contributed by atoms with Gasteiger partial charge in [0.15, 0.2) is 6.61 Å². The third kappa shape index (κ3) is 5.11. The second-order valence-electron chi connectivity index (χ2n) is 6.04. The number of ether oxygens (including phenoxy) is 1. The molecule has 1 N–H and O–H groups in total. The number of hydrogen-bond acceptors (Lipinski definition) is 3. The molecule has 0 aliphatic heterocycles. The van der Waals surface area contributed by atoms with Gasteiger partial charge in [0.25, 0.3) is 0 Å². The van der Waals surface area contributed by atoms with Crippen LogP contribution < -0.4 is 4.74 Å². The van der Waals surface area contributed by atoms with Gasteiger partial charge < -0.3 is 14.4 Å². The molecule has 142 valence electrons. The number of halogens is 1. The average molecular weight is 396 g/mol. The second-order valence-corrected chi connectivity index (χ2v) is 6.48. The van der Waals surface area contributed by atoms with Crippen molar-refractivity contribution >= 4 is 29.4 Å². The Labute approximate surface area is 167 Å². The predicted octanol–water partition coefficient (Wildman–Crippen LogP) is 4.55. The fraction of sp³-hybridized carbons (Fsp3) is 0.0909. The van der Waals surface area contributed by atoms with Crippen LogP contribution in [-0.4, -0.2) is 28.0 Å². The van der Waals surface area contributed by atoms with Gasteiger partial charge >= 0.3 is 5.97 Å². The van der Waals surface area contributed by atoms with Gasteiger partial charge in [-0.15, -0.1) is 0 Å². The van der Waals surface area contributed by atoms with E-state index in [1.165, 1.54) is 0 Å². The molecule has 0 radical (unpaired) electrons. The van der Waals surface area contributed by atoms with Gasteiger partial charge in [0.05, 0.1) is 5.69 Å². The first-order chi connectivity index (χ1) is 13.5. The highest BCUT2D eigenvalue weighted by molar-refractivity contribution is 6.30. The van der Waals surface area contributed by atoms with Crippen LogP contribution in [0.5, 0.6) is 5.75 Å². The molecule has 0 saturated carbocycles. The van der Waals surface area contributed by atoms with E-state index in [1.54, 1.807) is 48.5 Å². The van der Waals surface area contributed by atoms with Crippen molar-refractivity contribution in [2.45, 2.75) is 6.54 Å². The minimum Gasteiger partial charge on any atom is -0.482 e. The molecule has 5 nitrogen and oxygen atoms in total. The third-order valence-corrected chi connectivity index (χ3v) is 4.25. The molecule has 1 aromatic heterocycles. The Morgan fingerprint density at radius 3 is 2.61 bits per heavy atom. The van der Waals surface area contributed by atoms with Crippen LogP contribution in [0.2, 0.25) is 5.02 Å². The number of carbonyl (C=O) groups is 2. The molecule has 6 heteroatoms. The zero-order chi connectivity index (χ0) is 19.9. The maximum atomic E-state index is 12.7. The number of aromatic nitrogens is 1. The smallest absolute Gasteiger partial charge is 0.341 e. The van der Waals surface area contributed by atoms with Crippen molar-refractivity contribution in [2.75, 3.05) is 6.61 Å². The Morgan fingerprint density at radius 2 is 1.86 bits per heavy atom. The Bertz CT molecular complexity index is 1010. The molecule has 1 heterocycles. The fourth-order valence-electron chi connectivity index (χ4n) is 2.68. The van der Waals surface area contributed by atoms with Crippen molar-refractivity contribution < 1.29 is 19.4 Å². The zero-order valence-corrected chi connectivity index (χ0v) is 15.7. The molecule has 28 heavy (non-hydrogen) atoms. The number of carboxylic acids is 1. The monoisotopic (exact) mass is 395 g/mol. The molecule has 3 aromatic rings. The van der Waals surface area contributed by atoms with Crippen LogP contribution in [0.3, 0.4) is 0 Å². The Kier molecular flexibility index (Phi) is 6.29. The van der Waals surface area contributed by atoms with Gasteiger partial charge in [0.1, 0.15) is 5.75 Å². The van der Waals surface area contributed by atoms with E-state index in [4.69, 9.17) is 21.4 Å². The molecule has 0 aliphatic carbocycles. The van der Waals surface area contributed by atoms with Crippen LogP contribution in [0.1, 0.15) is 21.6 Å². The summed E-state index contributed by atoms with van der Waals surface area (Å²) < 4.78 is 7.03. The van der Waals surface area contributed by atoms with E-state index in [9.17, 15) is 9.59 Å². The van der Waals surface area contributed by atoms with E-state index in [2.05, 4.69) is 0 Å².